The number of likely N-dealkylation sites (tertiary alicyclic amines) is 1. The van der Waals surface area contributed by atoms with Crippen molar-refractivity contribution in [1.82, 2.24) is 14.0 Å². The van der Waals surface area contributed by atoms with Gasteiger partial charge in [-0.1, -0.05) is 12.1 Å². The number of amides is 1. The number of fused-ring (bicyclic) bond motifs is 1. The first-order valence-corrected chi connectivity index (χ1v) is 8.86. The summed E-state index contributed by atoms with van der Waals surface area (Å²) in [5.41, 5.74) is 0.927. The zero-order chi connectivity index (χ0) is 18.9. The molecule has 1 saturated heterocycles. The highest BCUT2D eigenvalue weighted by Gasteiger charge is 2.29. The van der Waals surface area contributed by atoms with Crippen molar-refractivity contribution in [3.8, 4) is 6.07 Å². The molecule has 7 nitrogen and oxygen atoms in total. The van der Waals surface area contributed by atoms with Crippen molar-refractivity contribution in [2.24, 2.45) is 0 Å². The maximum absolute atomic E-state index is 12.9. The molecule has 7 heteroatoms. The Hall–Kier alpha value is -2.75. The van der Waals surface area contributed by atoms with Crippen LogP contribution in [0.4, 0.5) is 4.79 Å². The Labute approximate surface area is 152 Å². The van der Waals surface area contributed by atoms with Crippen LogP contribution in [0, 0.1) is 11.3 Å². The van der Waals surface area contributed by atoms with Crippen molar-refractivity contribution < 1.29 is 9.53 Å². The number of para-hydroxylation sites is 2. The molecule has 0 saturated carbocycles. The van der Waals surface area contributed by atoms with E-state index in [0.717, 1.165) is 11.0 Å². The molecule has 0 aliphatic carbocycles. The summed E-state index contributed by atoms with van der Waals surface area (Å²) in [6, 6.07) is 9.59. The summed E-state index contributed by atoms with van der Waals surface area (Å²) in [5, 5.41) is 9.03. The summed E-state index contributed by atoms with van der Waals surface area (Å²) in [7, 11) is 0. The Kier molecular flexibility index (Phi) is 4.77. The predicted octanol–water partition coefficient (Wildman–Crippen LogP) is 2.90. The number of carbonyl (C=O) groups excluding carboxylic acids is 1. The minimum Gasteiger partial charge on any atom is -0.444 e. The average Bonchev–Trinajstić information content (AvgIpc) is 2.86. The van der Waals surface area contributed by atoms with Gasteiger partial charge in [0.05, 0.1) is 17.1 Å². The summed E-state index contributed by atoms with van der Waals surface area (Å²) in [4.78, 5) is 26.8. The molecule has 1 amide bonds. The van der Waals surface area contributed by atoms with Crippen molar-refractivity contribution >= 4 is 17.1 Å². The molecule has 1 fully saturated rings. The van der Waals surface area contributed by atoms with Crippen LogP contribution in [0.25, 0.3) is 11.0 Å². The van der Waals surface area contributed by atoms with Gasteiger partial charge in [-0.25, -0.2) is 9.59 Å². The van der Waals surface area contributed by atoms with Gasteiger partial charge in [-0.3, -0.25) is 9.13 Å². The molecule has 0 bridgehead atoms. The Balaban J connectivity index is 1.82. The van der Waals surface area contributed by atoms with Crippen molar-refractivity contribution in [1.29, 1.82) is 5.26 Å². The van der Waals surface area contributed by atoms with Crippen molar-refractivity contribution in [2.75, 3.05) is 13.1 Å². The number of ether oxygens (including phenoxy) is 1. The summed E-state index contributed by atoms with van der Waals surface area (Å²) < 4.78 is 8.71. The van der Waals surface area contributed by atoms with Crippen LogP contribution in [-0.2, 0) is 11.3 Å². The maximum Gasteiger partial charge on any atom is 0.410 e. The second-order valence-corrected chi connectivity index (χ2v) is 7.58. The number of carbonyl (C=O) groups is 1. The molecule has 2 heterocycles. The molecule has 1 aliphatic rings. The summed E-state index contributed by atoms with van der Waals surface area (Å²) >= 11 is 0. The number of imidazole rings is 1. The van der Waals surface area contributed by atoms with Crippen LogP contribution in [0.15, 0.2) is 29.1 Å². The average molecular weight is 356 g/mol. The van der Waals surface area contributed by atoms with Crippen LogP contribution < -0.4 is 5.69 Å². The molecule has 0 N–H and O–H groups in total. The molecule has 2 aromatic rings. The van der Waals surface area contributed by atoms with E-state index in [4.69, 9.17) is 10.00 Å². The lowest BCUT2D eigenvalue weighted by molar-refractivity contribution is 0.0188. The number of piperidine rings is 1. The fourth-order valence-corrected chi connectivity index (χ4v) is 3.44. The summed E-state index contributed by atoms with van der Waals surface area (Å²) in [6.45, 7) is 6.67. The Morgan fingerprint density at radius 2 is 1.85 bits per heavy atom. The Morgan fingerprint density at radius 3 is 2.42 bits per heavy atom. The standard InChI is InChI=1S/C19H24N4O3/c1-19(2,3)26-18(25)21-11-8-14(9-12-21)23-16-7-5-4-6-15(16)22(13-10-20)17(23)24/h4-7,14H,8-9,11-13H2,1-3H3. The topological polar surface area (TPSA) is 80.3 Å². The molecular formula is C19H24N4O3. The second kappa shape index (κ2) is 6.87. The van der Waals surface area contributed by atoms with Crippen LogP contribution in [-0.4, -0.2) is 38.8 Å². The largest absolute Gasteiger partial charge is 0.444 e. The van der Waals surface area contributed by atoms with E-state index in [1.54, 1.807) is 9.47 Å². The Morgan fingerprint density at radius 1 is 1.23 bits per heavy atom. The van der Waals surface area contributed by atoms with Gasteiger partial charge in [-0.05, 0) is 45.7 Å². The predicted molar refractivity (Wildman–Crippen MR) is 97.9 cm³/mol. The summed E-state index contributed by atoms with van der Waals surface area (Å²) in [6.07, 6.45) is 1.05. The maximum atomic E-state index is 12.9. The zero-order valence-corrected chi connectivity index (χ0v) is 15.4. The van der Waals surface area contributed by atoms with Crippen LogP contribution >= 0.6 is 0 Å². The number of hydrogen-bond donors (Lipinski definition) is 0. The normalized spacial score (nSPS) is 15.8. The number of nitrogens with zero attached hydrogens (tertiary/aromatic N) is 4. The highest BCUT2D eigenvalue weighted by atomic mass is 16.6. The van der Waals surface area contributed by atoms with Crippen LogP contribution in [0.1, 0.15) is 39.7 Å². The highest BCUT2D eigenvalue weighted by molar-refractivity contribution is 5.76. The lowest BCUT2D eigenvalue weighted by atomic mass is 10.0. The van der Waals surface area contributed by atoms with E-state index in [9.17, 15) is 9.59 Å². The molecule has 138 valence electrons. The van der Waals surface area contributed by atoms with Gasteiger partial charge in [0, 0.05) is 19.1 Å². The van der Waals surface area contributed by atoms with E-state index in [2.05, 4.69) is 6.07 Å². The van der Waals surface area contributed by atoms with Crippen molar-refractivity contribution in [3.63, 3.8) is 0 Å². The molecule has 1 aromatic carbocycles. The van der Waals surface area contributed by atoms with Gasteiger partial charge in [0.25, 0.3) is 0 Å². The third kappa shape index (κ3) is 3.45. The van der Waals surface area contributed by atoms with Gasteiger partial charge < -0.3 is 9.64 Å². The van der Waals surface area contributed by atoms with Gasteiger partial charge in [0.15, 0.2) is 0 Å². The Bertz CT molecular complexity index is 905. The first-order valence-electron chi connectivity index (χ1n) is 8.86. The van der Waals surface area contributed by atoms with E-state index in [1.165, 1.54) is 4.57 Å². The number of nitriles is 1. The number of aromatic nitrogens is 2. The molecule has 1 aromatic heterocycles. The van der Waals surface area contributed by atoms with E-state index in [0.29, 0.717) is 25.9 Å². The molecule has 1 aliphatic heterocycles. The van der Waals surface area contributed by atoms with Crippen LogP contribution in [0.3, 0.4) is 0 Å². The minimum absolute atomic E-state index is 0.00558. The number of benzene rings is 1. The lowest BCUT2D eigenvalue weighted by Gasteiger charge is -2.33. The summed E-state index contributed by atoms with van der Waals surface area (Å²) in [5.74, 6) is 0. The molecule has 0 atom stereocenters. The van der Waals surface area contributed by atoms with E-state index >= 15 is 0 Å². The smallest absolute Gasteiger partial charge is 0.410 e. The first-order chi connectivity index (χ1) is 12.3. The van der Waals surface area contributed by atoms with E-state index in [1.807, 2.05) is 45.0 Å². The van der Waals surface area contributed by atoms with E-state index in [-0.39, 0.29) is 24.4 Å². The quantitative estimate of drug-likeness (QED) is 0.829. The van der Waals surface area contributed by atoms with Crippen molar-refractivity contribution in [2.45, 2.75) is 51.8 Å². The highest BCUT2D eigenvalue weighted by Crippen LogP contribution is 2.26. The van der Waals surface area contributed by atoms with Gasteiger partial charge in [-0.2, -0.15) is 5.26 Å². The molecule has 26 heavy (non-hydrogen) atoms. The SMILES string of the molecule is CC(C)(C)OC(=O)N1CCC(n2c(=O)n(CC#N)c3ccccc32)CC1. The number of rotatable bonds is 2. The van der Waals surface area contributed by atoms with Crippen LogP contribution in [0.2, 0.25) is 0 Å². The fourth-order valence-electron chi connectivity index (χ4n) is 3.44. The molecule has 3 rings (SSSR count). The number of hydrogen-bond acceptors (Lipinski definition) is 4. The van der Waals surface area contributed by atoms with E-state index < -0.39 is 5.60 Å². The van der Waals surface area contributed by atoms with Gasteiger partial charge in [-0.15, -0.1) is 0 Å². The minimum atomic E-state index is -0.518. The van der Waals surface area contributed by atoms with Crippen molar-refractivity contribution in [3.05, 3.63) is 34.7 Å². The van der Waals surface area contributed by atoms with Gasteiger partial charge in [0.1, 0.15) is 12.1 Å². The van der Waals surface area contributed by atoms with Gasteiger partial charge in [0.2, 0.25) is 0 Å². The zero-order valence-electron chi connectivity index (χ0n) is 15.4. The second-order valence-electron chi connectivity index (χ2n) is 7.58. The van der Waals surface area contributed by atoms with Crippen LogP contribution in [0.5, 0.6) is 0 Å². The lowest BCUT2D eigenvalue weighted by Crippen LogP contribution is -2.43. The fraction of sp³-hybridized carbons (Fsp3) is 0.526. The molecule has 0 unspecified atom stereocenters. The first kappa shape index (κ1) is 18.1. The third-order valence-corrected chi connectivity index (χ3v) is 4.58. The third-order valence-electron chi connectivity index (χ3n) is 4.58. The molecular weight excluding hydrogens is 332 g/mol. The molecule has 0 radical (unpaired) electrons. The van der Waals surface area contributed by atoms with Gasteiger partial charge >= 0.3 is 11.8 Å². The molecule has 0 spiro atoms. The monoisotopic (exact) mass is 356 g/mol.